The van der Waals surface area contributed by atoms with Crippen LogP contribution in [0.25, 0.3) is 0 Å². The van der Waals surface area contributed by atoms with Gasteiger partial charge >= 0.3 is 6.09 Å². The Kier molecular flexibility index (Phi) is 3.69. The summed E-state index contributed by atoms with van der Waals surface area (Å²) in [5.41, 5.74) is 0.937. The molecule has 0 radical (unpaired) electrons. The van der Waals surface area contributed by atoms with Crippen molar-refractivity contribution in [2.75, 3.05) is 6.61 Å². The standard InChI is InChI=1S/C15H21NO3/c1-10(2)19-12-7-5-11(6-8-12)13-15(3,4)9-18-14(17)16-13/h5-8,10,13H,9H2,1-4H3,(H,16,17)/t13-/m1/s1. The maximum Gasteiger partial charge on any atom is 0.407 e. The van der Waals surface area contributed by atoms with Crippen LogP contribution in [0.15, 0.2) is 24.3 Å². The Bertz CT molecular complexity index is 451. The molecule has 0 bridgehead atoms. The highest BCUT2D eigenvalue weighted by molar-refractivity contribution is 5.69. The number of nitrogens with one attached hydrogen (secondary N) is 1. The van der Waals surface area contributed by atoms with Gasteiger partial charge in [0, 0.05) is 5.41 Å². The molecule has 1 atom stereocenters. The third kappa shape index (κ3) is 3.19. The minimum absolute atomic E-state index is 0.0400. The Labute approximate surface area is 114 Å². The zero-order chi connectivity index (χ0) is 14.0. The first kappa shape index (κ1) is 13.7. The fourth-order valence-electron chi connectivity index (χ4n) is 2.24. The van der Waals surface area contributed by atoms with E-state index in [1.54, 1.807) is 0 Å². The third-order valence-electron chi connectivity index (χ3n) is 3.20. The van der Waals surface area contributed by atoms with Gasteiger partial charge in [0.1, 0.15) is 12.4 Å². The van der Waals surface area contributed by atoms with Crippen LogP contribution in [0.5, 0.6) is 5.75 Å². The van der Waals surface area contributed by atoms with Crippen LogP contribution in [-0.2, 0) is 4.74 Å². The Morgan fingerprint density at radius 1 is 1.32 bits per heavy atom. The molecule has 1 aliphatic rings. The maximum atomic E-state index is 11.4. The number of amides is 1. The van der Waals surface area contributed by atoms with E-state index in [-0.39, 0.29) is 23.7 Å². The minimum Gasteiger partial charge on any atom is -0.491 e. The van der Waals surface area contributed by atoms with E-state index in [1.165, 1.54) is 0 Å². The van der Waals surface area contributed by atoms with E-state index >= 15 is 0 Å². The second-order valence-electron chi connectivity index (χ2n) is 5.88. The summed E-state index contributed by atoms with van der Waals surface area (Å²) in [7, 11) is 0. The van der Waals surface area contributed by atoms with Crippen LogP contribution in [-0.4, -0.2) is 18.8 Å². The second-order valence-corrected chi connectivity index (χ2v) is 5.88. The number of carbonyl (C=O) groups excluding carboxylic acids is 1. The molecule has 0 aromatic heterocycles. The molecule has 1 saturated heterocycles. The van der Waals surface area contributed by atoms with Crippen LogP contribution < -0.4 is 10.1 Å². The first-order valence-electron chi connectivity index (χ1n) is 6.58. The van der Waals surface area contributed by atoms with Gasteiger partial charge in [-0.2, -0.15) is 0 Å². The van der Waals surface area contributed by atoms with Gasteiger partial charge in [0.05, 0.1) is 12.1 Å². The summed E-state index contributed by atoms with van der Waals surface area (Å²) in [6, 6.07) is 7.83. The summed E-state index contributed by atoms with van der Waals surface area (Å²) in [6.07, 6.45) is -0.197. The van der Waals surface area contributed by atoms with E-state index < -0.39 is 0 Å². The Hall–Kier alpha value is -1.71. The second kappa shape index (κ2) is 5.11. The molecule has 4 heteroatoms. The predicted octanol–water partition coefficient (Wildman–Crippen LogP) is 3.28. The number of hydrogen-bond acceptors (Lipinski definition) is 3. The van der Waals surface area contributed by atoms with E-state index in [0.717, 1.165) is 11.3 Å². The number of ether oxygens (including phenoxy) is 2. The number of rotatable bonds is 3. The minimum atomic E-state index is -0.355. The molecule has 1 aromatic carbocycles. The van der Waals surface area contributed by atoms with Crippen molar-refractivity contribution in [3.8, 4) is 5.75 Å². The molecule has 1 aliphatic heterocycles. The molecule has 1 aromatic rings. The Morgan fingerprint density at radius 3 is 2.53 bits per heavy atom. The molecule has 19 heavy (non-hydrogen) atoms. The molecule has 104 valence electrons. The van der Waals surface area contributed by atoms with Gasteiger partial charge < -0.3 is 14.8 Å². The highest BCUT2D eigenvalue weighted by atomic mass is 16.6. The van der Waals surface area contributed by atoms with Crippen LogP contribution in [0, 0.1) is 5.41 Å². The molecule has 1 N–H and O–H groups in total. The summed E-state index contributed by atoms with van der Waals surface area (Å²) in [4.78, 5) is 11.4. The molecule has 0 saturated carbocycles. The van der Waals surface area contributed by atoms with Crippen LogP contribution in [0.1, 0.15) is 39.3 Å². The van der Waals surface area contributed by atoms with E-state index in [1.807, 2.05) is 38.1 Å². The monoisotopic (exact) mass is 263 g/mol. The largest absolute Gasteiger partial charge is 0.491 e. The molecular weight excluding hydrogens is 242 g/mol. The summed E-state index contributed by atoms with van der Waals surface area (Å²) >= 11 is 0. The lowest BCUT2D eigenvalue weighted by Crippen LogP contribution is -2.46. The highest BCUT2D eigenvalue weighted by Gasteiger charge is 2.37. The number of cyclic esters (lactones) is 1. The first-order chi connectivity index (χ1) is 8.88. The lowest BCUT2D eigenvalue weighted by molar-refractivity contribution is 0.0387. The molecule has 4 nitrogen and oxygen atoms in total. The number of hydrogen-bond donors (Lipinski definition) is 1. The topological polar surface area (TPSA) is 47.6 Å². The lowest BCUT2D eigenvalue weighted by Gasteiger charge is -2.38. The first-order valence-corrected chi connectivity index (χ1v) is 6.58. The molecule has 0 aliphatic carbocycles. The Morgan fingerprint density at radius 2 is 1.95 bits per heavy atom. The summed E-state index contributed by atoms with van der Waals surface area (Å²) in [5.74, 6) is 0.843. The quantitative estimate of drug-likeness (QED) is 0.910. The van der Waals surface area contributed by atoms with Gasteiger partial charge in [-0.15, -0.1) is 0 Å². The average Bonchev–Trinajstić information content (AvgIpc) is 2.33. The smallest absolute Gasteiger partial charge is 0.407 e. The van der Waals surface area contributed by atoms with Crippen molar-refractivity contribution in [1.82, 2.24) is 5.32 Å². The summed E-state index contributed by atoms with van der Waals surface area (Å²) in [5, 5.41) is 2.88. The third-order valence-corrected chi connectivity index (χ3v) is 3.20. The van der Waals surface area contributed by atoms with Gasteiger partial charge in [-0.25, -0.2) is 4.79 Å². The highest BCUT2D eigenvalue weighted by Crippen LogP contribution is 2.36. The number of benzene rings is 1. The maximum absolute atomic E-state index is 11.4. The van der Waals surface area contributed by atoms with Crippen molar-refractivity contribution < 1.29 is 14.3 Å². The van der Waals surface area contributed by atoms with Crippen molar-refractivity contribution in [3.63, 3.8) is 0 Å². The lowest BCUT2D eigenvalue weighted by atomic mass is 9.80. The van der Waals surface area contributed by atoms with Gasteiger partial charge in [-0.3, -0.25) is 0 Å². The predicted molar refractivity (Wildman–Crippen MR) is 73.2 cm³/mol. The fourth-order valence-corrected chi connectivity index (χ4v) is 2.24. The molecule has 2 rings (SSSR count). The van der Waals surface area contributed by atoms with Gasteiger partial charge in [-0.05, 0) is 31.5 Å². The molecule has 0 spiro atoms. The normalized spacial score (nSPS) is 21.7. The van der Waals surface area contributed by atoms with Crippen molar-refractivity contribution in [1.29, 1.82) is 0 Å². The zero-order valence-electron chi connectivity index (χ0n) is 11.9. The van der Waals surface area contributed by atoms with E-state index in [0.29, 0.717) is 6.61 Å². The zero-order valence-corrected chi connectivity index (χ0v) is 11.9. The van der Waals surface area contributed by atoms with E-state index in [2.05, 4.69) is 19.2 Å². The summed E-state index contributed by atoms with van der Waals surface area (Å²) < 4.78 is 10.7. The van der Waals surface area contributed by atoms with Crippen LogP contribution in [0.4, 0.5) is 4.79 Å². The number of alkyl carbamates (subject to hydrolysis) is 1. The van der Waals surface area contributed by atoms with Gasteiger partial charge in [0.15, 0.2) is 0 Å². The van der Waals surface area contributed by atoms with Gasteiger partial charge in [0.2, 0.25) is 0 Å². The fraction of sp³-hybridized carbons (Fsp3) is 0.533. The molecular formula is C15H21NO3. The average molecular weight is 263 g/mol. The molecule has 1 heterocycles. The van der Waals surface area contributed by atoms with Gasteiger partial charge in [0.25, 0.3) is 0 Å². The molecule has 0 unspecified atom stereocenters. The molecule has 1 amide bonds. The van der Waals surface area contributed by atoms with Gasteiger partial charge in [-0.1, -0.05) is 26.0 Å². The van der Waals surface area contributed by atoms with Crippen molar-refractivity contribution in [3.05, 3.63) is 29.8 Å². The van der Waals surface area contributed by atoms with E-state index in [4.69, 9.17) is 9.47 Å². The van der Waals surface area contributed by atoms with Crippen molar-refractivity contribution in [2.24, 2.45) is 5.41 Å². The van der Waals surface area contributed by atoms with Crippen LogP contribution in [0.3, 0.4) is 0 Å². The Balaban J connectivity index is 2.18. The van der Waals surface area contributed by atoms with Crippen molar-refractivity contribution in [2.45, 2.75) is 39.8 Å². The van der Waals surface area contributed by atoms with Crippen molar-refractivity contribution >= 4 is 6.09 Å². The van der Waals surface area contributed by atoms with Crippen LogP contribution >= 0.6 is 0 Å². The SMILES string of the molecule is CC(C)Oc1ccc([C@H]2NC(=O)OCC2(C)C)cc1. The molecule has 1 fully saturated rings. The number of carbonyl (C=O) groups is 1. The van der Waals surface area contributed by atoms with Crippen LogP contribution in [0.2, 0.25) is 0 Å². The summed E-state index contributed by atoms with van der Waals surface area (Å²) in [6.45, 7) is 8.57. The van der Waals surface area contributed by atoms with E-state index in [9.17, 15) is 4.79 Å².